The van der Waals surface area contributed by atoms with E-state index in [1.807, 2.05) is 17.8 Å². The molecule has 0 aromatic rings. The summed E-state index contributed by atoms with van der Waals surface area (Å²) in [6, 6.07) is 0. The van der Waals surface area contributed by atoms with Gasteiger partial charge in [0.05, 0.1) is 0 Å². The Kier molecular flexibility index (Phi) is 4.16. The van der Waals surface area contributed by atoms with Crippen LogP contribution in [0.3, 0.4) is 0 Å². The van der Waals surface area contributed by atoms with Crippen LogP contribution in [-0.4, -0.2) is 17.8 Å². The molecule has 1 nitrogen and oxygen atoms in total. The lowest BCUT2D eigenvalue weighted by Crippen LogP contribution is -2.26. The van der Waals surface area contributed by atoms with Gasteiger partial charge in [0.2, 0.25) is 0 Å². The van der Waals surface area contributed by atoms with Crippen molar-refractivity contribution in [2.24, 2.45) is 0 Å². The second kappa shape index (κ2) is 4.93. The van der Waals surface area contributed by atoms with Crippen molar-refractivity contribution in [1.82, 2.24) is 0 Å². The SMILES string of the molecule is C=CCC1(SC)CCCCCO1. The van der Waals surface area contributed by atoms with E-state index in [0.29, 0.717) is 0 Å². The molecule has 2 heteroatoms. The highest BCUT2D eigenvalue weighted by molar-refractivity contribution is 7.99. The summed E-state index contributed by atoms with van der Waals surface area (Å²) in [5, 5.41) is 0. The van der Waals surface area contributed by atoms with E-state index in [2.05, 4.69) is 12.8 Å². The molecule has 1 unspecified atom stereocenters. The first kappa shape index (κ1) is 10.1. The molecule has 0 aromatic carbocycles. The summed E-state index contributed by atoms with van der Waals surface area (Å²) in [5.41, 5.74) is 0. The van der Waals surface area contributed by atoms with Gasteiger partial charge in [0, 0.05) is 13.0 Å². The largest absolute Gasteiger partial charge is 0.364 e. The van der Waals surface area contributed by atoms with Gasteiger partial charge in [0.15, 0.2) is 0 Å². The molecule has 0 amide bonds. The summed E-state index contributed by atoms with van der Waals surface area (Å²) >= 11 is 1.84. The topological polar surface area (TPSA) is 9.23 Å². The molecule has 0 saturated carbocycles. The second-order valence-electron chi connectivity index (χ2n) is 3.27. The van der Waals surface area contributed by atoms with E-state index in [1.54, 1.807) is 0 Å². The van der Waals surface area contributed by atoms with Crippen LogP contribution in [0.4, 0.5) is 0 Å². The van der Waals surface area contributed by atoms with Crippen LogP contribution in [-0.2, 0) is 4.74 Å². The van der Waals surface area contributed by atoms with Gasteiger partial charge in [-0.1, -0.05) is 12.5 Å². The molecule has 0 N–H and O–H groups in total. The predicted molar refractivity (Wildman–Crippen MR) is 55.5 cm³/mol. The van der Waals surface area contributed by atoms with Crippen molar-refractivity contribution in [3.8, 4) is 0 Å². The van der Waals surface area contributed by atoms with Crippen molar-refractivity contribution in [3.63, 3.8) is 0 Å². The maximum atomic E-state index is 5.87. The number of hydrogen-bond donors (Lipinski definition) is 0. The smallest absolute Gasteiger partial charge is 0.116 e. The maximum absolute atomic E-state index is 5.87. The Morgan fingerprint density at radius 3 is 3.00 bits per heavy atom. The zero-order valence-electron chi connectivity index (χ0n) is 7.84. The van der Waals surface area contributed by atoms with Crippen molar-refractivity contribution >= 4 is 11.8 Å². The van der Waals surface area contributed by atoms with E-state index in [9.17, 15) is 0 Å². The minimum Gasteiger partial charge on any atom is -0.364 e. The highest BCUT2D eigenvalue weighted by atomic mass is 32.2. The Bertz CT molecular complexity index is 137. The van der Waals surface area contributed by atoms with E-state index < -0.39 is 0 Å². The molecule has 0 radical (unpaired) electrons. The first-order chi connectivity index (χ1) is 5.83. The average Bonchev–Trinajstić information content (AvgIpc) is 2.32. The number of hydrogen-bond acceptors (Lipinski definition) is 2. The van der Waals surface area contributed by atoms with Crippen molar-refractivity contribution in [1.29, 1.82) is 0 Å². The standard InChI is InChI=1S/C10H18OS/c1-3-7-10(12-2)8-5-4-6-9-11-10/h3H,1,4-9H2,2H3. The van der Waals surface area contributed by atoms with E-state index >= 15 is 0 Å². The van der Waals surface area contributed by atoms with Gasteiger partial charge in [-0.15, -0.1) is 18.3 Å². The molecule has 1 heterocycles. The molecule has 1 aliphatic heterocycles. The molecular formula is C10H18OS. The van der Waals surface area contributed by atoms with Crippen LogP contribution < -0.4 is 0 Å². The summed E-state index contributed by atoms with van der Waals surface area (Å²) in [5.74, 6) is 0. The molecule has 0 aromatic heterocycles. The third-order valence-corrected chi connectivity index (χ3v) is 3.63. The first-order valence-electron chi connectivity index (χ1n) is 4.63. The molecule has 70 valence electrons. The van der Waals surface area contributed by atoms with Crippen molar-refractivity contribution in [2.45, 2.75) is 37.0 Å². The van der Waals surface area contributed by atoms with Gasteiger partial charge in [-0.3, -0.25) is 0 Å². The van der Waals surface area contributed by atoms with E-state index in [1.165, 1.54) is 25.7 Å². The highest BCUT2D eigenvalue weighted by Crippen LogP contribution is 2.36. The molecule has 1 atom stereocenters. The van der Waals surface area contributed by atoms with Crippen LogP contribution >= 0.6 is 11.8 Å². The lowest BCUT2D eigenvalue weighted by molar-refractivity contribution is 0.0331. The Morgan fingerprint density at radius 2 is 2.33 bits per heavy atom. The van der Waals surface area contributed by atoms with Gasteiger partial charge in [-0.05, 0) is 25.5 Å². The second-order valence-corrected chi connectivity index (χ2v) is 4.42. The predicted octanol–water partition coefficient (Wildman–Crippen LogP) is 3.21. The van der Waals surface area contributed by atoms with Gasteiger partial charge in [-0.2, -0.15) is 0 Å². The molecule has 12 heavy (non-hydrogen) atoms. The molecule has 1 fully saturated rings. The maximum Gasteiger partial charge on any atom is 0.116 e. The fourth-order valence-corrected chi connectivity index (χ4v) is 2.46. The first-order valence-corrected chi connectivity index (χ1v) is 5.85. The molecule has 0 spiro atoms. The number of thioether (sulfide) groups is 1. The monoisotopic (exact) mass is 186 g/mol. The number of rotatable bonds is 3. The van der Waals surface area contributed by atoms with Crippen molar-refractivity contribution in [3.05, 3.63) is 12.7 Å². The zero-order chi connectivity index (χ0) is 8.86. The normalized spacial score (nSPS) is 31.1. The summed E-state index contributed by atoms with van der Waals surface area (Å²) in [4.78, 5) is 0.0538. The van der Waals surface area contributed by atoms with Gasteiger partial charge < -0.3 is 4.74 Å². The third kappa shape index (κ3) is 2.53. The highest BCUT2D eigenvalue weighted by Gasteiger charge is 2.29. The fourth-order valence-electron chi connectivity index (χ4n) is 1.63. The quantitative estimate of drug-likeness (QED) is 0.626. The number of ether oxygens (including phenoxy) is 1. The van der Waals surface area contributed by atoms with Gasteiger partial charge in [0.25, 0.3) is 0 Å². The van der Waals surface area contributed by atoms with Crippen LogP contribution in [0.25, 0.3) is 0 Å². The van der Waals surface area contributed by atoms with Crippen molar-refractivity contribution in [2.75, 3.05) is 12.9 Å². The van der Waals surface area contributed by atoms with Gasteiger partial charge in [-0.25, -0.2) is 0 Å². The molecule has 1 aliphatic rings. The Hall–Kier alpha value is 0.0500. The van der Waals surface area contributed by atoms with Crippen LogP contribution in [0.15, 0.2) is 12.7 Å². The lowest BCUT2D eigenvalue weighted by atomic mass is 10.1. The minimum absolute atomic E-state index is 0.0538. The van der Waals surface area contributed by atoms with Crippen LogP contribution in [0, 0.1) is 0 Å². The van der Waals surface area contributed by atoms with Crippen LogP contribution in [0.2, 0.25) is 0 Å². The Labute approximate surface area is 79.6 Å². The summed E-state index contributed by atoms with van der Waals surface area (Å²) in [7, 11) is 0. The van der Waals surface area contributed by atoms with Crippen LogP contribution in [0.1, 0.15) is 32.1 Å². The van der Waals surface area contributed by atoms with E-state index in [-0.39, 0.29) is 4.93 Å². The molecular weight excluding hydrogens is 168 g/mol. The van der Waals surface area contributed by atoms with Crippen molar-refractivity contribution < 1.29 is 4.74 Å². The summed E-state index contributed by atoms with van der Waals surface area (Å²) in [6.07, 6.45) is 10.1. The molecule has 1 rings (SSSR count). The molecule has 1 saturated heterocycles. The average molecular weight is 186 g/mol. The van der Waals surface area contributed by atoms with Crippen LogP contribution in [0.5, 0.6) is 0 Å². The van der Waals surface area contributed by atoms with E-state index in [0.717, 1.165) is 13.0 Å². The molecule has 0 aliphatic carbocycles. The fraction of sp³-hybridized carbons (Fsp3) is 0.800. The molecule has 0 bridgehead atoms. The lowest BCUT2D eigenvalue weighted by Gasteiger charge is -2.29. The Morgan fingerprint density at radius 1 is 1.50 bits per heavy atom. The minimum atomic E-state index is 0.0538. The zero-order valence-corrected chi connectivity index (χ0v) is 8.66. The summed E-state index contributed by atoms with van der Waals surface area (Å²) < 4.78 is 5.87. The van der Waals surface area contributed by atoms with Gasteiger partial charge in [0.1, 0.15) is 4.93 Å². The van der Waals surface area contributed by atoms with Gasteiger partial charge >= 0.3 is 0 Å². The Balaban J connectivity index is 2.54. The summed E-state index contributed by atoms with van der Waals surface area (Å²) in [6.45, 7) is 4.71. The van der Waals surface area contributed by atoms with E-state index in [4.69, 9.17) is 4.74 Å². The third-order valence-electron chi connectivity index (χ3n) is 2.39.